The molecule has 0 spiro atoms. The standard InChI is InChI=1S/C80H114N20O29/c1-38(2)24-49(69(119)91-55(31-62(113)114)73(123)94-56(34-101)65(83)115)88-70(120)50(26-42-15-19-45(106)20-16-42)89-68(118)48(14-10-11-23-81)87-75(125)57(35-102)95-71(121)51(27-43-17-21-46(107)22-18-43)90-72(122)54(30-61(111)112)92-76(126)58(36-103)96-78(128)64(40(4)105)99-74(124)52(25-41-12-8-7-9-13-41)93-77(127)63(39(3)104)98-59(108)33-85-67(117)53(29-60(109)110)97-79(129)80(5,6)100-66(116)47(82)28-44-32-84-37-86-44/h7-9,12-13,15-22,32,37-40,47-58,63-64,101-107H,10-11,14,23-31,33-36,81-82H2,1-6H3,(H2,83,115)(H,84,86)(H,85,117)(H,87,125)(H,88,120)(H,89,118)(H,90,122)(H,91,119)(H,92,126)(H,93,127)(H,94,123)(H,95,121)(H,96,128)(H,97,129)(H,98,108)(H,99,124)(H,100,116)(H,109,110)(H,111,112)(H,113,114)/t39-,40?,47+,48+,49+,50+,51+,52+,53+,54+,55+,56+,57+,58+,63?,64+/m1/s1. The number of nitrogens with two attached hydrogens (primary N) is 3. The number of phenolic OH excluding ortho intramolecular Hbond substituents is 2. The van der Waals surface area contributed by atoms with Gasteiger partial charge in [-0.05, 0) is 107 Å². The maximum atomic E-state index is 14.6. The second-order valence-electron chi connectivity index (χ2n) is 30.9. The van der Waals surface area contributed by atoms with Gasteiger partial charge in [-0.1, -0.05) is 68.4 Å². The van der Waals surface area contributed by atoms with E-state index in [1.807, 2.05) is 10.6 Å². The molecule has 3 aromatic carbocycles. The number of unbranched alkanes of at least 4 members (excludes halogenated alkanes) is 1. The van der Waals surface area contributed by atoms with E-state index in [2.05, 4.69) is 79.1 Å². The van der Waals surface area contributed by atoms with Gasteiger partial charge in [0.2, 0.25) is 94.5 Å². The number of aliphatic carboxylic acids is 3. The van der Waals surface area contributed by atoms with Gasteiger partial charge in [0.05, 0.1) is 75.9 Å². The molecule has 32 N–H and O–H groups in total. The van der Waals surface area contributed by atoms with E-state index in [0.717, 1.165) is 26.0 Å². The topological polar surface area (TPSA) is 814 Å². The Bertz CT molecular complexity index is 4520. The monoisotopic (exact) mass is 1820 g/mol. The van der Waals surface area contributed by atoms with Crippen LogP contribution in [0.5, 0.6) is 11.5 Å². The lowest BCUT2D eigenvalue weighted by atomic mass is 10.00. The van der Waals surface area contributed by atoms with E-state index < -0.39 is 286 Å². The highest BCUT2D eigenvalue weighted by atomic mass is 16.4. The maximum Gasteiger partial charge on any atom is 0.305 e. The number of hydrogen-bond donors (Lipinski definition) is 29. The molecular formula is C80H114N20O29. The van der Waals surface area contributed by atoms with Gasteiger partial charge in [-0.3, -0.25) is 91.1 Å². The highest BCUT2D eigenvalue weighted by Gasteiger charge is 2.41. The normalized spacial score (nSPS) is 14.9. The lowest BCUT2D eigenvalue weighted by molar-refractivity contribution is -0.142. The van der Waals surface area contributed by atoms with Crippen LogP contribution >= 0.6 is 0 Å². The number of amides is 16. The molecule has 0 aliphatic carbocycles. The van der Waals surface area contributed by atoms with Crippen molar-refractivity contribution in [3.05, 3.63) is 114 Å². The molecule has 0 aliphatic rings. The van der Waals surface area contributed by atoms with Gasteiger partial charge in [-0.15, -0.1) is 0 Å². The summed E-state index contributed by atoms with van der Waals surface area (Å²) < 4.78 is 0. The van der Waals surface area contributed by atoms with Crippen LogP contribution in [-0.2, 0) is 117 Å². The SMILES string of the molecule is CC(C)C[C@H](NC(=O)[C@H](Cc1ccc(O)cc1)NC(=O)[C@H](CCCCN)NC(=O)[C@H](CO)NC(=O)[C@H](Cc1ccc(O)cc1)NC(=O)[C@H](CC(=O)O)NC(=O)[C@H](CO)NC(=O)[C@@H](NC(=O)[C@H](Cc1ccccc1)NC(=O)C(NC(=O)CNC(=O)[C@H](CC(=O)O)NC(=O)C(C)(C)NC(=O)[C@@H](N)Cc1c[nH]cn1)[C@@H](C)O)C(C)O)C(=O)N[C@@H](CC(=O)O)C(=O)N[C@@H](CO)C(N)=O. The van der Waals surface area contributed by atoms with Crippen LogP contribution in [0.4, 0.5) is 0 Å². The van der Waals surface area contributed by atoms with Gasteiger partial charge in [0, 0.05) is 31.9 Å². The van der Waals surface area contributed by atoms with Crippen molar-refractivity contribution in [3.63, 3.8) is 0 Å². The summed E-state index contributed by atoms with van der Waals surface area (Å²) in [6, 6.07) is -8.28. The first kappa shape index (κ1) is 107. The van der Waals surface area contributed by atoms with Crippen molar-refractivity contribution in [2.45, 2.75) is 215 Å². The third-order valence-electron chi connectivity index (χ3n) is 19.2. The number of aromatic nitrogens is 2. The number of aliphatic hydroxyl groups is 5. The predicted octanol–water partition coefficient (Wildman–Crippen LogP) is -10.4. The van der Waals surface area contributed by atoms with Gasteiger partial charge in [0.1, 0.15) is 95.6 Å². The molecule has 16 amide bonds. The molecule has 0 bridgehead atoms. The number of carboxylic acids is 3. The van der Waals surface area contributed by atoms with Crippen molar-refractivity contribution in [2.24, 2.45) is 23.1 Å². The van der Waals surface area contributed by atoms with Gasteiger partial charge in [-0.2, -0.15) is 0 Å². The second kappa shape index (κ2) is 52.9. The molecule has 4 rings (SSSR count). The molecule has 49 nitrogen and oxygen atoms in total. The van der Waals surface area contributed by atoms with E-state index in [-0.39, 0.29) is 61.3 Å². The number of nitrogens with one attached hydrogen (secondary N) is 16. The minimum absolute atomic E-state index is 0.0445. The van der Waals surface area contributed by atoms with Gasteiger partial charge >= 0.3 is 17.9 Å². The summed E-state index contributed by atoms with van der Waals surface area (Å²) in [4.78, 5) is 264. The Labute approximate surface area is 737 Å². The van der Waals surface area contributed by atoms with Crippen LogP contribution < -0.4 is 97.0 Å². The summed E-state index contributed by atoms with van der Waals surface area (Å²) in [5, 5.41) is 136. The number of nitrogens with zero attached hydrogens (tertiary/aromatic N) is 1. The zero-order valence-electron chi connectivity index (χ0n) is 71.2. The van der Waals surface area contributed by atoms with Crippen LogP contribution in [0.15, 0.2) is 91.4 Å². The number of phenols is 2. The summed E-state index contributed by atoms with van der Waals surface area (Å²) >= 11 is 0. The average molecular weight is 1820 g/mol. The third kappa shape index (κ3) is 37.3. The molecule has 1 aromatic heterocycles. The lowest BCUT2D eigenvalue weighted by Crippen LogP contribution is -2.63. The quantitative estimate of drug-likeness (QED) is 0.0183. The van der Waals surface area contributed by atoms with Gasteiger partial charge < -0.3 is 153 Å². The van der Waals surface area contributed by atoms with E-state index >= 15 is 0 Å². The van der Waals surface area contributed by atoms with Crippen molar-refractivity contribution >= 4 is 112 Å². The van der Waals surface area contributed by atoms with Crippen molar-refractivity contribution in [1.29, 1.82) is 0 Å². The van der Waals surface area contributed by atoms with Crippen LogP contribution in [0.2, 0.25) is 0 Å². The highest BCUT2D eigenvalue weighted by molar-refractivity contribution is 6.02. The van der Waals surface area contributed by atoms with Crippen molar-refractivity contribution in [3.8, 4) is 11.5 Å². The number of aromatic amines is 1. The third-order valence-corrected chi connectivity index (χ3v) is 19.2. The first-order chi connectivity index (χ1) is 60.7. The Morgan fingerprint density at radius 3 is 1.20 bits per heavy atom. The minimum Gasteiger partial charge on any atom is -0.508 e. The Morgan fingerprint density at radius 1 is 0.419 bits per heavy atom. The van der Waals surface area contributed by atoms with Crippen LogP contribution in [0.1, 0.15) is 109 Å². The van der Waals surface area contributed by atoms with Crippen LogP contribution in [0.25, 0.3) is 0 Å². The van der Waals surface area contributed by atoms with Crippen LogP contribution in [0.3, 0.4) is 0 Å². The zero-order chi connectivity index (χ0) is 96.7. The lowest BCUT2D eigenvalue weighted by Gasteiger charge is -2.29. The Morgan fingerprint density at radius 2 is 0.783 bits per heavy atom. The molecule has 2 unspecified atom stereocenters. The zero-order valence-corrected chi connectivity index (χ0v) is 71.2. The Kier molecular flexibility index (Phi) is 44.1. The first-order valence-corrected chi connectivity index (χ1v) is 40.4. The summed E-state index contributed by atoms with van der Waals surface area (Å²) in [5.74, 6) is -25.7. The number of aromatic hydroxyl groups is 2. The van der Waals surface area contributed by atoms with Crippen molar-refractivity contribution < 1.29 is 142 Å². The molecule has 0 saturated carbocycles. The molecule has 4 aromatic rings. The highest BCUT2D eigenvalue weighted by Crippen LogP contribution is 2.18. The number of carbonyl (C=O) groups excluding carboxylic acids is 16. The van der Waals surface area contributed by atoms with Crippen LogP contribution in [-0.4, -0.2) is 309 Å². The summed E-state index contributed by atoms with van der Waals surface area (Å²) in [6.07, 6.45) is -5.94. The van der Waals surface area contributed by atoms with Gasteiger partial charge in [0.15, 0.2) is 0 Å². The minimum atomic E-state index is -2.25. The molecule has 49 heteroatoms. The fourth-order valence-electron chi connectivity index (χ4n) is 12.2. The van der Waals surface area contributed by atoms with Crippen LogP contribution in [0, 0.1) is 5.92 Å². The van der Waals surface area contributed by atoms with E-state index in [0.29, 0.717) is 11.3 Å². The smallest absolute Gasteiger partial charge is 0.305 e. The number of benzene rings is 3. The molecule has 1 heterocycles. The number of rotatable bonds is 56. The largest absolute Gasteiger partial charge is 0.508 e. The van der Waals surface area contributed by atoms with Crippen molar-refractivity contribution in [1.82, 2.24) is 89.7 Å². The van der Waals surface area contributed by atoms with E-state index in [4.69, 9.17) is 17.2 Å². The maximum absolute atomic E-state index is 14.6. The number of primary amides is 1. The molecule has 0 saturated heterocycles. The molecule has 129 heavy (non-hydrogen) atoms. The number of H-pyrrole nitrogens is 1. The number of imidazole rings is 1. The van der Waals surface area contributed by atoms with E-state index in [1.54, 1.807) is 19.9 Å². The Hall–Kier alpha value is -13.9. The molecule has 0 radical (unpaired) electrons. The number of carbonyl (C=O) groups is 19. The van der Waals surface area contributed by atoms with Gasteiger partial charge in [0.25, 0.3) is 0 Å². The summed E-state index contributed by atoms with van der Waals surface area (Å²) in [6.45, 7) is 3.10. The first-order valence-electron chi connectivity index (χ1n) is 40.4. The number of carboxylic acid groups (broad SMARTS) is 3. The van der Waals surface area contributed by atoms with Gasteiger partial charge in [-0.25, -0.2) is 4.98 Å². The summed E-state index contributed by atoms with van der Waals surface area (Å²) in [5.41, 5.74) is 16.3. The summed E-state index contributed by atoms with van der Waals surface area (Å²) in [7, 11) is 0. The predicted molar refractivity (Wildman–Crippen MR) is 447 cm³/mol. The van der Waals surface area contributed by atoms with E-state index in [1.165, 1.54) is 87.0 Å². The number of aliphatic hydroxyl groups excluding tert-OH is 5. The fraction of sp³-hybridized carbons (Fsp3) is 0.500. The van der Waals surface area contributed by atoms with Crippen molar-refractivity contribution in [2.75, 3.05) is 32.9 Å². The average Bonchev–Trinajstić information content (AvgIpc) is 1.23. The van der Waals surface area contributed by atoms with E-state index in [9.17, 15) is 142 Å². The Balaban J connectivity index is 1.56. The molecule has 708 valence electrons. The second-order valence-corrected chi connectivity index (χ2v) is 30.9. The molecule has 0 aliphatic heterocycles. The molecular weight excluding hydrogens is 1700 g/mol. The fourth-order valence-corrected chi connectivity index (χ4v) is 12.2. The molecule has 0 fully saturated rings. The number of hydrogen-bond acceptors (Lipinski definition) is 29. The molecule has 16 atom stereocenters.